The van der Waals surface area contributed by atoms with Crippen molar-refractivity contribution in [3.05, 3.63) is 23.9 Å². The van der Waals surface area contributed by atoms with Crippen molar-refractivity contribution in [1.82, 2.24) is 15.2 Å². The van der Waals surface area contributed by atoms with Gasteiger partial charge >= 0.3 is 6.03 Å². The molecule has 1 aliphatic heterocycles. The molecule has 7 heteroatoms. The number of carbonyl (C=O) groups is 3. The van der Waals surface area contributed by atoms with Crippen molar-refractivity contribution >= 4 is 23.7 Å². The second-order valence-corrected chi connectivity index (χ2v) is 8.52. The quantitative estimate of drug-likeness (QED) is 0.812. The number of rotatable bonds is 3. The Bertz CT molecular complexity index is 761. The van der Waals surface area contributed by atoms with Gasteiger partial charge in [-0.3, -0.25) is 14.5 Å². The first kappa shape index (κ1) is 18.4. The van der Waals surface area contributed by atoms with Crippen LogP contribution in [0.2, 0.25) is 0 Å². The Morgan fingerprint density at radius 2 is 2.12 bits per heavy atom. The predicted molar refractivity (Wildman–Crippen MR) is 97.4 cm³/mol. The van der Waals surface area contributed by atoms with E-state index in [0.29, 0.717) is 24.6 Å². The average molecular weight is 358 g/mol. The van der Waals surface area contributed by atoms with Gasteiger partial charge in [0.15, 0.2) is 0 Å². The normalized spacial score (nSPS) is 27.5. The van der Waals surface area contributed by atoms with Crippen LogP contribution in [0.5, 0.6) is 0 Å². The van der Waals surface area contributed by atoms with Crippen LogP contribution in [0.1, 0.15) is 45.6 Å². The maximum absolute atomic E-state index is 13.0. The van der Waals surface area contributed by atoms with Crippen molar-refractivity contribution in [2.24, 2.45) is 11.3 Å². The van der Waals surface area contributed by atoms with Gasteiger partial charge in [-0.15, -0.1) is 0 Å². The zero-order chi connectivity index (χ0) is 19.1. The van der Waals surface area contributed by atoms with Crippen molar-refractivity contribution in [3.8, 4) is 0 Å². The summed E-state index contributed by atoms with van der Waals surface area (Å²) in [6, 6.07) is 3.06. The van der Waals surface area contributed by atoms with Gasteiger partial charge in [0.1, 0.15) is 17.9 Å². The maximum atomic E-state index is 13.0. The summed E-state index contributed by atoms with van der Waals surface area (Å²) < 4.78 is 0. The number of amides is 4. The molecule has 26 heavy (non-hydrogen) atoms. The Hall–Kier alpha value is -2.44. The molecule has 0 radical (unpaired) electrons. The third-order valence-corrected chi connectivity index (χ3v) is 5.11. The van der Waals surface area contributed by atoms with Crippen LogP contribution < -0.4 is 10.6 Å². The van der Waals surface area contributed by atoms with Gasteiger partial charge < -0.3 is 10.6 Å². The smallest absolute Gasteiger partial charge is 0.323 e. The standard InChI is InChI=1S/C19H26N4O3/c1-12-5-6-20-14(7-12)21-15(24)10-23-16(25)19(22-17(23)26)9-13(2)8-18(3,4)11-19/h5-7,13H,8-11H2,1-4H3,(H,22,26)(H,20,21,24). The van der Waals surface area contributed by atoms with Gasteiger partial charge in [0.2, 0.25) is 5.91 Å². The number of aryl methyl sites for hydroxylation is 1. The lowest BCUT2D eigenvalue weighted by Gasteiger charge is -2.43. The lowest BCUT2D eigenvalue weighted by atomic mass is 9.64. The van der Waals surface area contributed by atoms with Crippen LogP contribution in [0.15, 0.2) is 18.3 Å². The molecular formula is C19H26N4O3. The highest BCUT2D eigenvalue weighted by Crippen LogP contribution is 2.46. The maximum Gasteiger partial charge on any atom is 0.325 e. The number of hydrogen-bond acceptors (Lipinski definition) is 4. The Kier molecular flexibility index (Phi) is 4.50. The summed E-state index contributed by atoms with van der Waals surface area (Å²) in [6.45, 7) is 7.91. The van der Waals surface area contributed by atoms with Gasteiger partial charge in [-0.05, 0) is 55.2 Å². The summed E-state index contributed by atoms with van der Waals surface area (Å²) in [5.74, 6) is -0.00120. The molecule has 2 atom stereocenters. The number of urea groups is 1. The van der Waals surface area contributed by atoms with E-state index in [4.69, 9.17) is 0 Å². The lowest BCUT2D eigenvalue weighted by Crippen LogP contribution is -2.54. The SMILES string of the molecule is Cc1ccnc(NC(=O)CN2C(=O)NC3(CC(C)CC(C)(C)C3)C2=O)c1. The van der Waals surface area contributed by atoms with Gasteiger partial charge in [0.05, 0.1) is 0 Å². The average Bonchev–Trinajstić information content (AvgIpc) is 2.68. The van der Waals surface area contributed by atoms with Gasteiger partial charge in [0, 0.05) is 6.20 Å². The molecule has 7 nitrogen and oxygen atoms in total. The van der Waals surface area contributed by atoms with E-state index in [1.54, 1.807) is 12.3 Å². The molecule has 2 aliphatic rings. The van der Waals surface area contributed by atoms with Crippen LogP contribution in [0.3, 0.4) is 0 Å². The van der Waals surface area contributed by atoms with Crippen molar-refractivity contribution in [2.75, 3.05) is 11.9 Å². The van der Waals surface area contributed by atoms with Gasteiger partial charge in [-0.1, -0.05) is 20.8 Å². The van der Waals surface area contributed by atoms with E-state index in [1.165, 1.54) is 0 Å². The van der Waals surface area contributed by atoms with E-state index in [1.807, 2.05) is 13.0 Å². The van der Waals surface area contributed by atoms with Gasteiger partial charge in [0.25, 0.3) is 5.91 Å². The molecule has 2 unspecified atom stereocenters. The highest BCUT2D eigenvalue weighted by Gasteiger charge is 2.56. The summed E-state index contributed by atoms with van der Waals surface area (Å²) in [6.07, 6.45) is 3.81. The monoisotopic (exact) mass is 358 g/mol. The first-order valence-electron chi connectivity index (χ1n) is 8.97. The molecule has 4 amide bonds. The van der Waals surface area contributed by atoms with Crippen LogP contribution in [0, 0.1) is 18.3 Å². The number of imide groups is 1. The summed E-state index contributed by atoms with van der Waals surface area (Å²) in [4.78, 5) is 42.8. The molecule has 1 spiro atoms. The lowest BCUT2D eigenvalue weighted by molar-refractivity contribution is -0.136. The summed E-state index contributed by atoms with van der Waals surface area (Å²) in [7, 11) is 0. The first-order chi connectivity index (χ1) is 12.1. The molecule has 1 saturated carbocycles. The fraction of sp³-hybridized carbons (Fsp3) is 0.579. The number of pyridine rings is 1. The van der Waals surface area contributed by atoms with Crippen molar-refractivity contribution < 1.29 is 14.4 Å². The second-order valence-electron chi connectivity index (χ2n) is 8.52. The minimum atomic E-state index is -0.889. The molecule has 1 saturated heterocycles. The topological polar surface area (TPSA) is 91.4 Å². The molecule has 2 fully saturated rings. The van der Waals surface area contributed by atoms with E-state index in [0.717, 1.165) is 16.9 Å². The van der Waals surface area contributed by atoms with Crippen molar-refractivity contribution in [2.45, 2.75) is 52.5 Å². The predicted octanol–water partition coefficient (Wildman–Crippen LogP) is 2.47. The van der Waals surface area contributed by atoms with Crippen LogP contribution >= 0.6 is 0 Å². The Balaban J connectivity index is 1.72. The minimum Gasteiger partial charge on any atom is -0.323 e. The van der Waals surface area contributed by atoms with E-state index in [-0.39, 0.29) is 17.9 Å². The molecular weight excluding hydrogens is 332 g/mol. The number of nitrogens with zero attached hydrogens (tertiary/aromatic N) is 2. The number of nitrogens with one attached hydrogen (secondary N) is 2. The summed E-state index contributed by atoms with van der Waals surface area (Å²) >= 11 is 0. The number of aromatic nitrogens is 1. The van der Waals surface area contributed by atoms with E-state index < -0.39 is 17.5 Å². The highest BCUT2D eigenvalue weighted by atomic mass is 16.2. The molecule has 0 bridgehead atoms. The third-order valence-electron chi connectivity index (χ3n) is 5.11. The van der Waals surface area contributed by atoms with Crippen LogP contribution in [-0.2, 0) is 9.59 Å². The zero-order valence-corrected chi connectivity index (χ0v) is 15.8. The van der Waals surface area contributed by atoms with Crippen molar-refractivity contribution in [3.63, 3.8) is 0 Å². The van der Waals surface area contributed by atoms with E-state index in [9.17, 15) is 14.4 Å². The molecule has 140 valence electrons. The fourth-order valence-electron chi connectivity index (χ4n) is 4.58. The fourth-order valence-corrected chi connectivity index (χ4v) is 4.58. The second kappa shape index (κ2) is 6.37. The third kappa shape index (κ3) is 3.57. The number of carbonyl (C=O) groups excluding carboxylic acids is 3. The van der Waals surface area contributed by atoms with Crippen LogP contribution in [0.4, 0.5) is 10.6 Å². The molecule has 3 rings (SSSR count). The summed E-state index contributed by atoms with van der Waals surface area (Å²) in [5.41, 5.74) is 0.0347. The van der Waals surface area contributed by atoms with Crippen molar-refractivity contribution in [1.29, 1.82) is 0 Å². The Morgan fingerprint density at radius 1 is 1.38 bits per heavy atom. The largest absolute Gasteiger partial charge is 0.325 e. The minimum absolute atomic E-state index is 0.0373. The molecule has 2 N–H and O–H groups in total. The molecule has 1 aromatic heterocycles. The molecule has 1 aromatic rings. The molecule has 0 aromatic carbocycles. The first-order valence-corrected chi connectivity index (χ1v) is 8.97. The Labute approximate surface area is 153 Å². The number of hydrogen-bond donors (Lipinski definition) is 2. The van der Waals surface area contributed by atoms with Gasteiger partial charge in [-0.25, -0.2) is 9.78 Å². The van der Waals surface area contributed by atoms with Crippen LogP contribution in [0.25, 0.3) is 0 Å². The zero-order valence-electron chi connectivity index (χ0n) is 15.8. The van der Waals surface area contributed by atoms with E-state index >= 15 is 0 Å². The van der Waals surface area contributed by atoms with Crippen LogP contribution in [-0.4, -0.2) is 39.8 Å². The van der Waals surface area contributed by atoms with E-state index in [2.05, 4.69) is 36.4 Å². The Morgan fingerprint density at radius 3 is 2.77 bits per heavy atom. The van der Waals surface area contributed by atoms with Gasteiger partial charge in [-0.2, -0.15) is 0 Å². The molecule has 1 aliphatic carbocycles. The summed E-state index contributed by atoms with van der Waals surface area (Å²) in [5, 5.41) is 5.52. The molecule has 2 heterocycles. The number of anilines is 1. The highest BCUT2D eigenvalue weighted by molar-refractivity contribution is 6.10.